The van der Waals surface area contributed by atoms with Crippen LogP contribution >= 0.6 is 11.6 Å². The van der Waals surface area contributed by atoms with Crippen molar-refractivity contribution in [1.29, 1.82) is 0 Å². The normalized spacial score (nSPS) is 17.2. The summed E-state index contributed by atoms with van der Waals surface area (Å²) in [6.07, 6.45) is -3.60. The molecule has 0 N–H and O–H groups in total. The fourth-order valence-corrected chi connectivity index (χ4v) is 2.22. The molecule has 0 saturated carbocycles. The van der Waals surface area contributed by atoms with E-state index < -0.39 is 11.7 Å². The van der Waals surface area contributed by atoms with Crippen molar-refractivity contribution >= 4 is 11.6 Å². The summed E-state index contributed by atoms with van der Waals surface area (Å²) in [5.74, 6) is 0.0229. The Bertz CT molecular complexity index is 602. The predicted molar refractivity (Wildman–Crippen MR) is 66.8 cm³/mol. The van der Waals surface area contributed by atoms with Crippen molar-refractivity contribution in [3.63, 3.8) is 0 Å². The molecule has 0 saturated heterocycles. The predicted octanol–water partition coefficient (Wildman–Crippen LogP) is 4.34. The molecule has 1 unspecified atom stereocenters. The first kappa shape index (κ1) is 12.2. The summed E-state index contributed by atoms with van der Waals surface area (Å²) in [6, 6.07) is 13.9. The fourth-order valence-electron chi connectivity index (χ4n) is 1.94. The van der Waals surface area contributed by atoms with E-state index in [1.165, 1.54) is 12.1 Å². The van der Waals surface area contributed by atoms with Crippen LogP contribution in [0.2, 0.25) is 0 Å². The van der Waals surface area contributed by atoms with Gasteiger partial charge in [-0.05, 0) is 23.3 Å². The van der Waals surface area contributed by atoms with Gasteiger partial charge in [0.1, 0.15) is 0 Å². The van der Waals surface area contributed by atoms with Crippen molar-refractivity contribution < 1.29 is 18.3 Å². The van der Waals surface area contributed by atoms with E-state index in [0.717, 1.165) is 5.56 Å². The molecular formula is C14H9ClF2O2. The molecule has 2 aromatic rings. The van der Waals surface area contributed by atoms with Gasteiger partial charge in [0.15, 0.2) is 11.5 Å². The molecule has 0 aliphatic carbocycles. The van der Waals surface area contributed by atoms with E-state index in [9.17, 15) is 8.78 Å². The second-order valence-corrected chi connectivity index (χ2v) is 4.58. The Hall–Kier alpha value is -1.81. The Morgan fingerprint density at radius 2 is 1.58 bits per heavy atom. The summed E-state index contributed by atoms with van der Waals surface area (Å²) >= 11 is 6.32. The van der Waals surface area contributed by atoms with Gasteiger partial charge in [-0.25, -0.2) is 0 Å². The number of rotatable bonds is 2. The Morgan fingerprint density at radius 1 is 0.895 bits per heavy atom. The van der Waals surface area contributed by atoms with Crippen LogP contribution in [0.1, 0.15) is 16.5 Å². The first-order valence-electron chi connectivity index (χ1n) is 5.64. The van der Waals surface area contributed by atoms with Gasteiger partial charge in [0.2, 0.25) is 0 Å². The monoisotopic (exact) mass is 282 g/mol. The number of ether oxygens (including phenoxy) is 2. The van der Waals surface area contributed by atoms with Gasteiger partial charge in [-0.15, -0.1) is 20.4 Å². The first-order chi connectivity index (χ1) is 9.05. The summed E-state index contributed by atoms with van der Waals surface area (Å²) in [6.45, 7) is 0. The largest absolute Gasteiger partial charge is 0.586 e. The number of fused-ring (bicyclic) bond motifs is 1. The lowest BCUT2D eigenvalue weighted by Gasteiger charge is -2.10. The van der Waals surface area contributed by atoms with E-state index in [2.05, 4.69) is 9.47 Å². The number of hydrogen-bond acceptors (Lipinski definition) is 2. The smallest absolute Gasteiger partial charge is 0.395 e. The van der Waals surface area contributed by atoms with Gasteiger partial charge in [0, 0.05) is 0 Å². The minimum atomic E-state index is -3.60. The van der Waals surface area contributed by atoms with Crippen molar-refractivity contribution in [2.24, 2.45) is 0 Å². The van der Waals surface area contributed by atoms with Crippen LogP contribution in [0.4, 0.5) is 8.78 Å². The molecule has 19 heavy (non-hydrogen) atoms. The molecule has 1 heterocycles. The highest BCUT2D eigenvalue weighted by molar-refractivity contribution is 6.22. The average Bonchev–Trinajstić information content (AvgIpc) is 2.71. The van der Waals surface area contributed by atoms with Gasteiger partial charge >= 0.3 is 6.29 Å². The van der Waals surface area contributed by atoms with Crippen LogP contribution in [0.25, 0.3) is 0 Å². The van der Waals surface area contributed by atoms with Crippen LogP contribution in [0.3, 0.4) is 0 Å². The maximum atomic E-state index is 12.9. The third kappa shape index (κ3) is 2.36. The summed E-state index contributed by atoms with van der Waals surface area (Å²) in [5, 5.41) is -0.427. The molecule has 0 aromatic heterocycles. The van der Waals surface area contributed by atoms with E-state index in [0.29, 0.717) is 5.56 Å². The highest BCUT2D eigenvalue weighted by Gasteiger charge is 2.43. The van der Waals surface area contributed by atoms with Crippen molar-refractivity contribution in [3.8, 4) is 11.5 Å². The first-order valence-corrected chi connectivity index (χ1v) is 6.08. The molecule has 0 amide bonds. The second kappa shape index (κ2) is 4.38. The molecule has 98 valence electrons. The zero-order valence-corrected chi connectivity index (χ0v) is 10.4. The number of alkyl halides is 3. The highest BCUT2D eigenvalue weighted by atomic mass is 35.5. The molecular weight excluding hydrogens is 274 g/mol. The topological polar surface area (TPSA) is 18.5 Å². The lowest BCUT2D eigenvalue weighted by atomic mass is 10.0. The Kier molecular flexibility index (Phi) is 2.82. The summed E-state index contributed by atoms with van der Waals surface area (Å²) in [4.78, 5) is 0. The van der Waals surface area contributed by atoms with Crippen molar-refractivity contribution in [2.75, 3.05) is 0 Å². The molecule has 2 nitrogen and oxygen atoms in total. The Morgan fingerprint density at radius 3 is 2.32 bits per heavy atom. The SMILES string of the molecule is FC1(F)Oc2ccc(C(Cl)c3ccccc3)cc2O1. The van der Waals surface area contributed by atoms with E-state index in [4.69, 9.17) is 11.6 Å². The molecule has 1 aliphatic rings. The average molecular weight is 283 g/mol. The fraction of sp³-hybridized carbons (Fsp3) is 0.143. The van der Waals surface area contributed by atoms with Gasteiger partial charge in [-0.2, -0.15) is 0 Å². The summed E-state index contributed by atoms with van der Waals surface area (Å²) in [7, 11) is 0. The zero-order valence-electron chi connectivity index (χ0n) is 9.65. The molecule has 0 fully saturated rings. The maximum Gasteiger partial charge on any atom is 0.586 e. The third-order valence-electron chi connectivity index (χ3n) is 2.81. The molecule has 5 heteroatoms. The van der Waals surface area contributed by atoms with E-state index in [-0.39, 0.29) is 11.5 Å². The van der Waals surface area contributed by atoms with Crippen molar-refractivity contribution in [3.05, 3.63) is 59.7 Å². The molecule has 0 radical (unpaired) electrons. The van der Waals surface area contributed by atoms with Crippen LogP contribution in [0.5, 0.6) is 11.5 Å². The Balaban J connectivity index is 1.92. The van der Waals surface area contributed by atoms with Gasteiger partial charge in [-0.1, -0.05) is 36.4 Å². The van der Waals surface area contributed by atoms with Gasteiger partial charge in [0.05, 0.1) is 5.38 Å². The molecule has 3 rings (SSSR count). The molecule has 0 bridgehead atoms. The van der Waals surface area contributed by atoms with Gasteiger partial charge < -0.3 is 9.47 Å². The number of halogens is 3. The minimum absolute atomic E-state index is 0.00378. The highest BCUT2D eigenvalue weighted by Crippen LogP contribution is 2.43. The molecule has 2 aromatic carbocycles. The molecule has 0 spiro atoms. The molecule has 1 atom stereocenters. The van der Waals surface area contributed by atoms with Crippen LogP contribution in [-0.4, -0.2) is 6.29 Å². The lowest BCUT2D eigenvalue weighted by Crippen LogP contribution is -2.25. The minimum Gasteiger partial charge on any atom is -0.395 e. The van der Waals surface area contributed by atoms with Crippen molar-refractivity contribution in [2.45, 2.75) is 11.7 Å². The second-order valence-electron chi connectivity index (χ2n) is 4.15. The Labute approximate surface area is 113 Å². The summed E-state index contributed by atoms with van der Waals surface area (Å²) < 4.78 is 34.6. The quantitative estimate of drug-likeness (QED) is 0.763. The van der Waals surface area contributed by atoms with Crippen LogP contribution in [-0.2, 0) is 0 Å². The number of hydrogen-bond donors (Lipinski definition) is 0. The van der Waals surface area contributed by atoms with Gasteiger partial charge in [-0.3, -0.25) is 0 Å². The van der Waals surface area contributed by atoms with Crippen LogP contribution < -0.4 is 9.47 Å². The van der Waals surface area contributed by atoms with Gasteiger partial charge in [0.25, 0.3) is 0 Å². The standard InChI is InChI=1S/C14H9ClF2O2/c15-13(9-4-2-1-3-5-9)10-6-7-11-12(8-10)19-14(16,17)18-11/h1-8,13H. The summed E-state index contributed by atoms with van der Waals surface area (Å²) in [5.41, 5.74) is 1.56. The maximum absolute atomic E-state index is 12.9. The van der Waals surface area contributed by atoms with Crippen LogP contribution in [0.15, 0.2) is 48.5 Å². The van der Waals surface area contributed by atoms with Crippen LogP contribution in [0, 0.1) is 0 Å². The van der Waals surface area contributed by atoms with E-state index >= 15 is 0 Å². The van der Waals surface area contributed by atoms with E-state index in [1.54, 1.807) is 6.07 Å². The zero-order chi connectivity index (χ0) is 13.5. The van der Waals surface area contributed by atoms with E-state index in [1.807, 2.05) is 30.3 Å². The molecule has 1 aliphatic heterocycles. The van der Waals surface area contributed by atoms with Crippen molar-refractivity contribution in [1.82, 2.24) is 0 Å². The number of benzene rings is 2. The lowest BCUT2D eigenvalue weighted by molar-refractivity contribution is -0.286. The third-order valence-corrected chi connectivity index (χ3v) is 3.31.